The van der Waals surface area contributed by atoms with Gasteiger partial charge >= 0.3 is 0 Å². The van der Waals surface area contributed by atoms with Gasteiger partial charge in [0.25, 0.3) is 0 Å². The van der Waals surface area contributed by atoms with Crippen LogP contribution in [-0.2, 0) is 14.3 Å². The molecule has 0 saturated carbocycles. The highest BCUT2D eigenvalue weighted by atomic mass is 16.5. The molecule has 0 atom stereocenters. The minimum Gasteiger partial charge on any atom is -0.384 e. The molecule has 6 nitrogen and oxygen atoms in total. The number of para-hydroxylation sites is 2. The van der Waals surface area contributed by atoms with Gasteiger partial charge in [-0.05, 0) is 25.0 Å². The molecule has 1 N–H and O–H groups in total. The quantitative estimate of drug-likeness (QED) is 0.918. The molecule has 0 aromatic heterocycles. The maximum Gasteiger partial charge on any atom is 0.224 e. The van der Waals surface area contributed by atoms with E-state index in [-0.39, 0.29) is 17.4 Å². The molecule has 1 fully saturated rings. The van der Waals surface area contributed by atoms with Gasteiger partial charge in [-0.3, -0.25) is 9.59 Å². The predicted octanol–water partition coefficient (Wildman–Crippen LogP) is 1.86. The highest BCUT2D eigenvalue weighted by molar-refractivity contribution is 5.96. The zero-order valence-electron chi connectivity index (χ0n) is 14.4. The maximum atomic E-state index is 12.2. The number of fused-ring (bicyclic) bond motifs is 1. The molecule has 2 aliphatic heterocycles. The molecule has 130 valence electrons. The zero-order chi connectivity index (χ0) is 17.2. The summed E-state index contributed by atoms with van der Waals surface area (Å²) in [5, 5.41) is 3.64. The van der Waals surface area contributed by atoms with Gasteiger partial charge in [0.2, 0.25) is 11.8 Å². The van der Waals surface area contributed by atoms with Crippen molar-refractivity contribution in [2.45, 2.75) is 31.7 Å². The van der Waals surface area contributed by atoms with Crippen LogP contribution in [-0.4, -0.2) is 55.6 Å². The third kappa shape index (κ3) is 3.24. The molecule has 1 spiro atoms. The van der Waals surface area contributed by atoms with Crippen LogP contribution < -0.4 is 10.2 Å². The summed E-state index contributed by atoms with van der Waals surface area (Å²) in [5.41, 5.74) is 1.78. The molecule has 2 aliphatic rings. The van der Waals surface area contributed by atoms with Crippen LogP contribution in [0.25, 0.3) is 0 Å². The number of hydrogen-bond acceptors (Lipinski definition) is 4. The lowest BCUT2D eigenvalue weighted by molar-refractivity contribution is -0.133. The Labute approximate surface area is 142 Å². The Morgan fingerprint density at radius 3 is 2.62 bits per heavy atom. The van der Waals surface area contributed by atoms with Crippen molar-refractivity contribution >= 4 is 23.2 Å². The second-order valence-electron chi connectivity index (χ2n) is 6.65. The minimum absolute atomic E-state index is 0.0573. The molecule has 2 heterocycles. The van der Waals surface area contributed by atoms with Crippen molar-refractivity contribution in [3.8, 4) is 0 Å². The lowest BCUT2D eigenvalue weighted by atomic mass is 9.84. The molecular formula is C18H25N3O3. The van der Waals surface area contributed by atoms with E-state index in [0.717, 1.165) is 24.2 Å². The predicted molar refractivity (Wildman–Crippen MR) is 93.1 cm³/mol. The first-order chi connectivity index (χ1) is 11.5. The number of carbonyl (C=O) groups is 2. The van der Waals surface area contributed by atoms with Crippen molar-refractivity contribution < 1.29 is 14.3 Å². The van der Waals surface area contributed by atoms with Crippen molar-refractivity contribution in [2.75, 3.05) is 43.6 Å². The lowest BCUT2D eigenvalue weighted by Gasteiger charge is -2.49. The number of ether oxygens (including phenoxy) is 1. The average molecular weight is 331 g/mol. The van der Waals surface area contributed by atoms with E-state index in [1.807, 2.05) is 34.1 Å². The third-order valence-corrected chi connectivity index (χ3v) is 5.03. The van der Waals surface area contributed by atoms with Crippen LogP contribution in [0, 0.1) is 0 Å². The summed E-state index contributed by atoms with van der Waals surface area (Å²) in [5.74, 6) is 0.202. The Morgan fingerprint density at radius 1 is 1.25 bits per heavy atom. The summed E-state index contributed by atoms with van der Waals surface area (Å²) in [6.07, 6.45) is 2.10. The molecule has 24 heavy (non-hydrogen) atoms. The summed E-state index contributed by atoms with van der Waals surface area (Å²) >= 11 is 0. The van der Waals surface area contributed by atoms with Gasteiger partial charge in [-0.25, -0.2) is 0 Å². The highest BCUT2D eigenvalue weighted by Crippen LogP contribution is 2.39. The van der Waals surface area contributed by atoms with Gasteiger partial charge in [-0.2, -0.15) is 0 Å². The minimum atomic E-state index is -0.155. The normalized spacial score (nSPS) is 18.9. The van der Waals surface area contributed by atoms with Crippen molar-refractivity contribution in [3.05, 3.63) is 24.3 Å². The number of benzene rings is 1. The van der Waals surface area contributed by atoms with E-state index >= 15 is 0 Å². The Bertz CT molecular complexity index is 624. The zero-order valence-corrected chi connectivity index (χ0v) is 14.4. The van der Waals surface area contributed by atoms with E-state index in [2.05, 4.69) is 5.32 Å². The standard InChI is InChI=1S/C18H25N3O3/c1-14(22)21-13-18(19-15-5-3-4-6-16(15)21)8-10-20(11-9-18)17(23)7-12-24-2/h3-6,19H,7-13H2,1-2H3. The van der Waals surface area contributed by atoms with E-state index in [1.165, 1.54) is 0 Å². The molecule has 1 aromatic carbocycles. The van der Waals surface area contributed by atoms with E-state index in [4.69, 9.17) is 4.74 Å². The molecular weight excluding hydrogens is 306 g/mol. The molecule has 2 amide bonds. The molecule has 0 unspecified atom stereocenters. The van der Waals surface area contributed by atoms with Gasteiger partial charge < -0.3 is 19.9 Å². The molecule has 6 heteroatoms. The van der Waals surface area contributed by atoms with Crippen molar-refractivity contribution in [1.29, 1.82) is 0 Å². The lowest BCUT2D eigenvalue weighted by Crippen LogP contribution is -2.59. The fourth-order valence-electron chi connectivity index (χ4n) is 3.62. The second kappa shape index (κ2) is 6.81. The van der Waals surface area contributed by atoms with Crippen LogP contribution in [0.2, 0.25) is 0 Å². The molecule has 1 aromatic rings. The van der Waals surface area contributed by atoms with Crippen LogP contribution in [0.5, 0.6) is 0 Å². The largest absolute Gasteiger partial charge is 0.384 e. The summed E-state index contributed by atoms with van der Waals surface area (Å²) in [6.45, 7) is 4.15. The van der Waals surface area contributed by atoms with Crippen LogP contribution in [0.1, 0.15) is 26.2 Å². The number of piperidine rings is 1. The second-order valence-corrected chi connectivity index (χ2v) is 6.65. The fraction of sp³-hybridized carbons (Fsp3) is 0.556. The van der Waals surface area contributed by atoms with E-state index in [1.54, 1.807) is 14.0 Å². The first-order valence-electron chi connectivity index (χ1n) is 8.47. The van der Waals surface area contributed by atoms with Crippen molar-refractivity contribution in [2.24, 2.45) is 0 Å². The maximum absolute atomic E-state index is 12.2. The number of methoxy groups -OCH3 is 1. The third-order valence-electron chi connectivity index (χ3n) is 5.03. The van der Waals surface area contributed by atoms with Gasteiger partial charge in [0, 0.05) is 33.7 Å². The van der Waals surface area contributed by atoms with Gasteiger partial charge in [-0.1, -0.05) is 12.1 Å². The Kier molecular flexibility index (Phi) is 4.76. The first-order valence-corrected chi connectivity index (χ1v) is 8.47. The fourth-order valence-corrected chi connectivity index (χ4v) is 3.62. The van der Waals surface area contributed by atoms with Gasteiger partial charge in [0.05, 0.1) is 29.9 Å². The highest BCUT2D eigenvalue weighted by Gasteiger charge is 2.41. The smallest absolute Gasteiger partial charge is 0.224 e. The molecule has 0 radical (unpaired) electrons. The van der Waals surface area contributed by atoms with Gasteiger partial charge in [-0.15, -0.1) is 0 Å². The molecule has 3 rings (SSSR count). The average Bonchev–Trinajstić information content (AvgIpc) is 2.59. The number of amides is 2. The molecule has 0 aliphatic carbocycles. The van der Waals surface area contributed by atoms with Crippen LogP contribution in [0.4, 0.5) is 11.4 Å². The Hall–Kier alpha value is -2.08. The van der Waals surface area contributed by atoms with Crippen molar-refractivity contribution in [3.63, 3.8) is 0 Å². The monoisotopic (exact) mass is 331 g/mol. The Balaban J connectivity index is 1.72. The summed E-state index contributed by atoms with van der Waals surface area (Å²) in [7, 11) is 1.61. The van der Waals surface area contributed by atoms with E-state index < -0.39 is 0 Å². The number of nitrogens with one attached hydrogen (secondary N) is 1. The number of rotatable bonds is 3. The van der Waals surface area contributed by atoms with E-state index in [9.17, 15) is 9.59 Å². The topological polar surface area (TPSA) is 61.9 Å². The van der Waals surface area contributed by atoms with Crippen molar-refractivity contribution in [1.82, 2.24) is 4.90 Å². The Morgan fingerprint density at radius 2 is 1.96 bits per heavy atom. The number of hydrogen-bond donors (Lipinski definition) is 1. The van der Waals surface area contributed by atoms with Gasteiger partial charge in [0.15, 0.2) is 0 Å². The van der Waals surface area contributed by atoms with Crippen LogP contribution >= 0.6 is 0 Å². The summed E-state index contributed by atoms with van der Waals surface area (Å²) in [6, 6.07) is 7.92. The number of anilines is 2. The SMILES string of the molecule is COCCC(=O)N1CCC2(CC1)CN(C(C)=O)c1ccccc1N2. The van der Waals surface area contributed by atoms with Crippen LogP contribution in [0.3, 0.4) is 0 Å². The molecule has 1 saturated heterocycles. The summed E-state index contributed by atoms with van der Waals surface area (Å²) < 4.78 is 4.99. The van der Waals surface area contributed by atoms with E-state index in [0.29, 0.717) is 32.7 Å². The van der Waals surface area contributed by atoms with Gasteiger partial charge in [0.1, 0.15) is 0 Å². The number of likely N-dealkylation sites (tertiary alicyclic amines) is 1. The first kappa shape index (κ1) is 16.8. The number of nitrogens with zero attached hydrogens (tertiary/aromatic N) is 2. The van der Waals surface area contributed by atoms with Crippen LogP contribution in [0.15, 0.2) is 24.3 Å². The summed E-state index contributed by atoms with van der Waals surface area (Å²) in [4.78, 5) is 28.0. The number of carbonyl (C=O) groups excluding carboxylic acids is 2. The molecule has 0 bridgehead atoms.